The fourth-order valence-corrected chi connectivity index (χ4v) is 7.03. The summed E-state index contributed by atoms with van der Waals surface area (Å²) in [5.74, 6) is 3.76. The molecule has 4 bridgehead atoms. The van der Waals surface area contributed by atoms with Crippen LogP contribution >= 0.6 is 15.9 Å². The standard InChI is InChI=1S/C27H33BrN2O3/c1-17-3-5-22(6-4-17)30-26(31)16-33-25-11-23(28)21(10-24(25)32-2)15-29-27-12-18-7-19(13-27)9-20(8-18)14-27/h3-6,10-11,18-20,29H,7-9,12-16H2,1-2H3,(H,30,31). The quantitative estimate of drug-likeness (QED) is 0.466. The van der Waals surface area contributed by atoms with Crippen molar-refractivity contribution in [1.29, 1.82) is 0 Å². The number of anilines is 1. The Morgan fingerprint density at radius 2 is 1.67 bits per heavy atom. The number of benzene rings is 2. The van der Waals surface area contributed by atoms with Gasteiger partial charge in [-0.1, -0.05) is 33.6 Å². The van der Waals surface area contributed by atoms with Gasteiger partial charge in [-0.25, -0.2) is 0 Å². The molecule has 2 aromatic rings. The van der Waals surface area contributed by atoms with Gasteiger partial charge in [0, 0.05) is 22.2 Å². The first-order chi connectivity index (χ1) is 15.9. The molecule has 4 saturated carbocycles. The highest BCUT2D eigenvalue weighted by Gasteiger charge is 2.50. The predicted octanol–water partition coefficient (Wildman–Crippen LogP) is 5.84. The second-order valence-corrected chi connectivity index (χ2v) is 11.2. The number of hydrogen-bond acceptors (Lipinski definition) is 4. The molecule has 4 aliphatic carbocycles. The molecule has 0 aliphatic heterocycles. The number of carbonyl (C=O) groups excluding carboxylic acids is 1. The Kier molecular flexibility index (Phi) is 6.41. The van der Waals surface area contributed by atoms with Crippen LogP contribution in [0.4, 0.5) is 5.69 Å². The summed E-state index contributed by atoms with van der Waals surface area (Å²) in [4.78, 5) is 12.3. The summed E-state index contributed by atoms with van der Waals surface area (Å²) in [6.07, 6.45) is 8.31. The predicted molar refractivity (Wildman–Crippen MR) is 134 cm³/mol. The lowest BCUT2D eigenvalue weighted by Crippen LogP contribution is -2.58. The first-order valence-corrected chi connectivity index (χ1v) is 12.8. The molecule has 0 saturated heterocycles. The molecular weight excluding hydrogens is 480 g/mol. The zero-order chi connectivity index (χ0) is 23.0. The minimum atomic E-state index is -0.204. The molecule has 6 rings (SSSR count). The number of hydrogen-bond donors (Lipinski definition) is 2. The van der Waals surface area contributed by atoms with Crippen LogP contribution in [0.1, 0.15) is 49.7 Å². The largest absolute Gasteiger partial charge is 0.493 e. The van der Waals surface area contributed by atoms with Crippen molar-refractivity contribution in [1.82, 2.24) is 5.32 Å². The van der Waals surface area contributed by atoms with Gasteiger partial charge >= 0.3 is 0 Å². The van der Waals surface area contributed by atoms with E-state index in [1.54, 1.807) is 7.11 Å². The second kappa shape index (κ2) is 9.30. The Hall–Kier alpha value is -2.05. The average molecular weight is 513 g/mol. The third-order valence-electron chi connectivity index (χ3n) is 7.72. The van der Waals surface area contributed by atoms with Crippen molar-refractivity contribution in [3.63, 3.8) is 0 Å². The van der Waals surface area contributed by atoms with Gasteiger partial charge in [-0.15, -0.1) is 0 Å². The van der Waals surface area contributed by atoms with Gasteiger partial charge in [-0.05, 0) is 93.0 Å². The lowest BCUT2D eigenvalue weighted by atomic mass is 9.53. The number of amides is 1. The molecule has 4 fully saturated rings. The smallest absolute Gasteiger partial charge is 0.262 e. The van der Waals surface area contributed by atoms with E-state index in [0.717, 1.165) is 45.6 Å². The number of carbonyl (C=O) groups is 1. The van der Waals surface area contributed by atoms with E-state index < -0.39 is 0 Å². The van der Waals surface area contributed by atoms with Gasteiger partial charge in [0.2, 0.25) is 0 Å². The minimum Gasteiger partial charge on any atom is -0.493 e. The van der Waals surface area contributed by atoms with Gasteiger partial charge in [0.05, 0.1) is 7.11 Å². The maximum atomic E-state index is 12.3. The second-order valence-electron chi connectivity index (χ2n) is 10.3. The van der Waals surface area contributed by atoms with Crippen LogP contribution < -0.4 is 20.1 Å². The van der Waals surface area contributed by atoms with Crippen LogP contribution in [0.25, 0.3) is 0 Å². The molecule has 0 spiro atoms. The Morgan fingerprint density at radius 3 is 2.27 bits per heavy atom. The fourth-order valence-electron chi connectivity index (χ4n) is 6.57. The molecule has 0 aromatic heterocycles. The van der Waals surface area contributed by atoms with Gasteiger partial charge in [0.15, 0.2) is 18.1 Å². The van der Waals surface area contributed by atoms with Crippen LogP contribution in [-0.4, -0.2) is 25.2 Å². The van der Waals surface area contributed by atoms with E-state index in [9.17, 15) is 4.79 Å². The number of aryl methyl sites for hydroxylation is 1. The number of nitrogens with one attached hydrogen (secondary N) is 2. The minimum absolute atomic E-state index is 0.0818. The van der Waals surface area contributed by atoms with Crippen LogP contribution in [0.2, 0.25) is 0 Å². The number of methoxy groups -OCH3 is 1. The monoisotopic (exact) mass is 512 g/mol. The topological polar surface area (TPSA) is 59.6 Å². The van der Waals surface area contributed by atoms with Crippen LogP contribution in [-0.2, 0) is 11.3 Å². The molecule has 0 radical (unpaired) electrons. The Labute approximate surface area is 204 Å². The molecular formula is C27H33BrN2O3. The summed E-state index contributed by atoms with van der Waals surface area (Å²) < 4.78 is 12.4. The van der Waals surface area contributed by atoms with Crippen LogP contribution in [0.15, 0.2) is 40.9 Å². The molecule has 4 aliphatic rings. The lowest BCUT2D eigenvalue weighted by molar-refractivity contribution is -0.118. The van der Waals surface area contributed by atoms with Crippen molar-refractivity contribution in [3.05, 3.63) is 52.0 Å². The van der Waals surface area contributed by atoms with E-state index >= 15 is 0 Å². The lowest BCUT2D eigenvalue weighted by Gasteiger charge is -2.57. The third-order valence-corrected chi connectivity index (χ3v) is 8.46. The van der Waals surface area contributed by atoms with Gasteiger partial charge in [-0.3, -0.25) is 4.79 Å². The third kappa shape index (κ3) is 5.07. The number of rotatable bonds is 8. The van der Waals surface area contributed by atoms with E-state index in [4.69, 9.17) is 9.47 Å². The Morgan fingerprint density at radius 1 is 1.03 bits per heavy atom. The van der Waals surface area contributed by atoms with Crippen molar-refractivity contribution in [2.24, 2.45) is 17.8 Å². The average Bonchev–Trinajstić information content (AvgIpc) is 2.77. The van der Waals surface area contributed by atoms with Crippen molar-refractivity contribution >= 4 is 27.5 Å². The summed E-state index contributed by atoms with van der Waals surface area (Å²) in [6, 6.07) is 11.6. The summed E-state index contributed by atoms with van der Waals surface area (Å²) in [6.45, 7) is 2.74. The summed E-state index contributed by atoms with van der Waals surface area (Å²) in [7, 11) is 1.64. The van der Waals surface area contributed by atoms with Gasteiger partial charge < -0.3 is 20.1 Å². The zero-order valence-corrected chi connectivity index (χ0v) is 21.0. The van der Waals surface area contributed by atoms with Crippen molar-refractivity contribution in [3.8, 4) is 11.5 Å². The summed E-state index contributed by atoms with van der Waals surface area (Å²) >= 11 is 3.71. The molecule has 2 aromatic carbocycles. The van der Waals surface area contributed by atoms with Crippen molar-refractivity contribution < 1.29 is 14.3 Å². The van der Waals surface area contributed by atoms with Crippen molar-refractivity contribution in [2.45, 2.75) is 57.5 Å². The first kappa shape index (κ1) is 22.7. The fraction of sp³-hybridized carbons (Fsp3) is 0.519. The van der Waals surface area contributed by atoms with Crippen molar-refractivity contribution in [2.75, 3.05) is 19.0 Å². The highest BCUT2D eigenvalue weighted by atomic mass is 79.9. The summed E-state index contributed by atoms with van der Waals surface area (Å²) in [5, 5.41) is 6.81. The first-order valence-electron chi connectivity index (χ1n) is 12.0. The zero-order valence-electron chi connectivity index (χ0n) is 19.5. The van der Waals surface area contributed by atoms with Crippen LogP contribution in [0, 0.1) is 24.7 Å². The summed E-state index contributed by atoms with van der Waals surface area (Å²) in [5.41, 5.74) is 3.37. The van der Waals surface area contributed by atoms with E-state index in [1.807, 2.05) is 43.3 Å². The highest BCUT2D eigenvalue weighted by Crippen LogP contribution is 2.55. The Bertz CT molecular complexity index is 985. The normalized spacial score (nSPS) is 27.4. The molecule has 176 valence electrons. The molecule has 0 heterocycles. The Balaban J connectivity index is 1.21. The maximum absolute atomic E-state index is 12.3. The van der Waals surface area contributed by atoms with Gasteiger partial charge in [0.1, 0.15) is 0 Å². The number of halogens is 1. The van der Waals surface area contributed by atoms with E-state index in [0.29, 0.717) is 17.0 Å². The van der Waals surface area contributed by atoms with E-state index in [2.05, 4.69) is 26.6 Å². The van der Waals surface area contributed by atoms with Gasteiger partial charge in [0.25, 0.3) is 5.91 Å². The molecule has 2 N–H and O–H groups in total. The van der Waals surface area contributed by atoms with Crippen LogP contribution in [0.3, 0.4) is 0 Å². The van der Waals surface area contributed by atoms with E-state index in [-0.39, 0.29) is 12.5 Å². The van der Waals surface area contributed by atoms with Gasteiger partial charge in [-0.2, -0.15) is 0 Å². The molecule has 5 nitrogen and oxygen atoms in total. The van der Waals surface area contributed by atoms with E-state index in [1.165, 1.54) is 38.5 Å². The molecule has 0 atom stereocenters. The SMILES string of the molecule is COc1cc(CNC23CC4CC(CC(C4)C2)C3)c(Br)cc1OCC(=O)Nc1ccc(C)cc1. The maximum Gasteiger partial charge on any atom is 0.262 e. The highest BCUT2D eigenvalue weighted by molar-refractivity contribution is 9.10. The molecule has 33 heavy (non-hydrogen) atoms. The number of ether oxygens (including phenoxy) is 2. The molecule has 6 heteroatoms. The van der Waals surface area contributed by atoms with Crippen LogP contribution in [0.5, 0.6) is 11.5 Å². The molecule has 0 unspecified atom stereocenters. The molecule has 1 amide bonds.